The Kier molecular flexibility index (Phi) is 3.81. The Balaban J connectivity index is 3.47. The summed E-state index contributed by atoms with van der Waals surface area (Å²) in [5.41, 5.74) is -3.31. The largest absolute Gasteiger partial charge is 0.434 e. The number of hydrogen-bond acceptors (Lipinski definition) is 2. The molecule has 0 amide bonds. The van der Waals surface area contributed by atoms with Crippen LogP contribution in [0.15, 0.2) is 6.07 Å². The Hall–Kier alpha value is -0.800. The zero-order chi connectivity index (χ0) is 12.5. The van der Waals surface area contributed by atoms with Crippen molar-refractivity contribution in [1.82, 2.24) is 4.98 Å². The number of alkyl halides is 5. The lowest BCUT2D eigenvalue weighted by Crippen LogP contribution is -2.14. The van der Waals surface area contributed by atoms with Crippen LogP contribution >= 0.6 is 22.6 Å². The molecule has 1 heterocycles. The minimum Gasteiger partial charge on any atom is -0.298 e. The molecule has 0 radical (unpaired) electrons. The zero-order valence-corrected chi connectivity index (χ0v) is 9.51. The minimum atomic E-state index is -4.93. The molecule has 0 aliphatic heterocycles. The number of aromatic nitrogens is 1. The van der Waals surface area contributed by atoms with Crippen LogP contribution in [0.1, 0.15) is 28.2 Å². The third-order valence-electron chi connectivity index (χ3n) is 1.63. The van der Waals surface area contributed by atoms with Gasteiger partial charge in [-0.25, -0.2) is 13.8 Å². The van der Waals surface area contributed by atoms with Gasteiger partial charge in [-0.15, -0.1) is 0 Å². The number of hydrogen-bond donors (Lipinski definition) is 0. The first kappa shape index (κ1) is 13.3. The van der Waals surface area contributed by atoms with Crippen LogP contribution in [0.5, 0.6) is 0 Å². The van der Waals surface area contributed by atoms with E-state index in [1.54, 1.807) is 0 Å². The molecule has 16 heavy (non-hydrogen) atoms. The van der Waals surface area contributed by atoms with Gasteiger partial charge in [0.2, 0.25) is 0 Å². The maximum Gasteiger partial charge on any atom is 0.434 e. The van der Waals surface area contributed by atoms with Gasteiger partial charge in [0.05, 0.1) is 0 Å². The highest BCUT2D eigenvalue weighted by Crippen LogP contribution is 2.33. The normalized spacial score (nSPS) is 11.9. The Morgan fingerprint density at radius 1 is 1.38 bits per heavy atom. The van der Waals surface area contributed by atoms with Crippen LogP contribution in [-0.4, -0.2) is 11.3 Å². The van der Waals surface area contributed by atoms with Gasteiger partial charge in [0.15, 0.2) is 12.0 Å². The molecule has 0 aliphatic carbocycles. The quantitative estimate of drug-likeness (QED) is 0.464. The number of aldehydes is 1. The highest BCUT2D eigenvalue weighted by Gasteiger charge is 2.37. The minimum absolute atomic E-state index is 0.0623. The number of rotatable bonds is 2. The number of pyridine rings is 1. The van der Waals surface area contributed by atoms with Crippen molar-refractivity contribution >= 4 is 28.9 Å². The molecule has 0 atom stereocenters. The Morgan fingerprint density at radius 2 is 1.94 bits per heavy atom. The maximum atomic E-state index is 12.3. The van der Waals surface area contributed by atoms with E-state index in [2.05, 4.69) is 4.98 Å². The standard InChI is InChI=1S/C8H3F5INO/c9-7(10)5-4(14)1-3(2-16)6(15-5)8(11,12)13/h1-2,7H. The SMILES string of the molecule is O=Cc1cc(I)c(C(F)F)nc1C(F)(F)F. The van der Waals surface area contributed by atoms with Gasteiger partial charge in [0.25, 0.3) is 6.43 Å². The van der Waals surface area contributed by atoms with Crippen molar-refractivity contribution in [2.24, 2.45) is 0 Å². The Bertz CT molecular complexity index is 418. The molecule has 0 saturated heterocycles. The fourth-order valence-corrected chi connectivity index (χ4v) is 1.68. The van der Waals surface area contributed by atoms with Crippen molar-refractivity contribution in [3.8, 4) is 0 Å². The average Bonchev–Trinajstić information content (AvgIpc) is 2.14. The summed E-state index contributed by atoms with van der Waals surface area (Å²) < 4.78 is 61.5. The number of halogens is 6. The summed E-state index contributed by atoms with van der Waals surface area (Å²) >= 11 is 1.40. The van der Waals surface area contributed by atoms with Crippen LogP contribution in [0.3, 0.4) is 0 Å². The zero-order valence-electron chi connectivity index (χ0n) is 7.36. The summed E-state index contributed by atoms with van der Waals surface area (Å²) in [5, 5.41) is 0. The lowest BCUT2D eigenvalue weighted by Gasteiger charge is -2.11. The summed E-state index contributed by atoms with van der Waals surface area (Å²) in [5.74, 6) is 0. The molecule has 0 unspecified atom stereocenters. The predicted octanol–water partition coefficient (Wildman–Crippen LogP) is 3.46. The van der Waals surface area contributed by atoms with Crippen molar-refractivity contribution in [1.29, 1.82) is 0 Å². The summed E-state index contributed by atoms with van der Waals surface area (Å²) in [6, 6.07) is 0.741. The van der Waals surface area contributed by atoms with Crippen LogP contribution in [0.25, 0.3) is 0 Å². The topological polar surface area (TPSA) is 30.0 Å². The van der Waals surface area contributed by atoms with Crippen LogP contribution < -0.4 is 0 Å². The molecule has 2 nitrogen and oxygen atoms in total. The highest BCUT2D eigenvalue weighted by atomic mass is 127. The molecule has 1 aromatic rings. The molecule has 0 saturated carbocycles. The summed E-state index contributed by atoms with van der Waals surface area (Å²) in [4.78, 5) is 13.2. The van der Waals surface area contributed by atoms with Crippen molar-refractivity contribution < 1.29 is 26.7 Å². The second-order valence-electron chi connectivity index (χ2n) is 2.71. The first-order valence-corrected chi connectivity index (χ1v) is 4.86. The molecule has 1 rings (SSSR count). The molecule has 88 valence electrons. The summed E-state index contributed by atoms with van der Waals surface area (Å²) in [6.45, 7) is 0. The van der Waals surface area contributed by atoms with Crippen molar-refractivity contribution in [2.75, 3.05) is 0 Å². The van der Waals surface area contributed by atoms with Gasteiger partial charge >= 0.3 is 6.18 Å². The molecule has 0 bridgehead atoms. The fraction of sp³-hybridized carbons (Fsp3) is 0.250. The third kappa shape index (κ3) is 2.66. The third-order valence-corrected chi connectivity index (χ3v) is 2.50. The maximum absolute atomic E-state index is 12.3. The van der Waals surface area contributed by atoms with Gasteiger partial charge in [-0.3, -0.25) is 4.79 Å². The predicted molar refractivity (Wildman–Crippen MR) is 52.3 cm³/mol. The molecule has 0 N–H and O–H groups in total. The molecule has 0 aliphatic rings. The smallest absolute Gasteiger partial charge is 0.298 e. The lowest BCUT2D eigenvalue weighted by molar-refractivity contribution is -0.141. The van der Waals surface area contributed by atoms with Gasteiger partial charge in [-0.1, -0.05) is 0 Å². The van der Waals surface area contributed by atoms with E-state index in [9.17, 15) is 26.7 Å². The van der Waals surface area contributed by atoms with Gasteiger partial charge in [-0.05, 0) is 28.7 Å². The van der Waals surface area contributed by atoms with Gasteiger partial charge in [0.1, 0.15) is 5.69 Å². The van der Waals surface area contributed by atoms with E-state index < -0.39 is 29.6 Å². The van der Waals surface area contributed by atoms with E-state index in [-0.39, 0.29) is 9.86 Å². The Labute approximate surface area is 100.0 Å². The van der Waals surface area contributed by atoms with Gasteiger partial charge in [-0.2, -0.15) is 13.2 Å². The van der Waals surface area contributed by atoms with E-state index in [4.69, 9.17) is 0 Å². The molecular weight excluding hydrogens is 348 g/mol. The van der Waals surface area contributed by atoms with E-state index in [1.165, 1.54) is 22.6 Å². The van der Waals surface area contributed by atoms with Crippen LogP contribution in [-0.2, 0) is 6.18 Å². The first-order valence-electron chi connectivity index (χ1n) is 3.78. The van der Waals surface area contributed by atoms with Crippen LogP contribution in [0.4, 0.5) is 22.0 Å². The van der Waals surface area contributed by atoms with E-state index >= 15 is 0 Å². The van der Waals surface area contributed by atoms with Crippen LogP contribution in [0.2, 0.25) is 0 Å². The van der Waals surface area contributed by atoms with Crippen molar-refractivity contribution in [3.63, 3.8) is 0 Å². The monoisotopic (exact) mass is 351 g/mol. The van der Waals surface area contributed by atoms with E-state index in [0.29, 0.717) is 0 Å². The molecule has 0 fully saturated rings. The molecule has 0 spiro atoms. The number of nitrogens with zero attached hydrogens (tertiary/aromatic N) is 1. The van der Waals surface area contributed by atoms with Gasteiger partial charge < -0.3 is 0 Å². The number of carbonyl (C=O) groups excluding carboxylic acids is 1. The number of carbonyl (C=O) groups is 1. The second kappa shape index (κ2) is 4.60. The van der Waals surface area contributed by atoms with Crippen molar-refractivity contribution in [3.05, 3.63) is 26.6 Å². The van der Waals surface area contributed by atoms with E-state index in [1.807, 2.05) is 0 Å². The van der Waals surface area contributed by atoms with E-state index in [0.717, 1.165) is 6.07 Å². The lowest BCUT2D eigenvalue weighted by atomic mass is 10.2. The first-order chi connectivity index (χ1) is 7.27. The molecule has 1 aromatic heterocycles. The van der Waals surface area contributed by atoms with Crippen LogP contribution in [0, 0.1) is 3.57 Å². The highest BCUT2D eigenvalue weighted by molar-refractivity contribution is 14.1. The summed E-state index contributed by atoms with van der Waals surface area (Å²) in [6.07, 6.45) is -8.11. The average molecular weight is 351 g/mol. The Morgan fingerprint density at radius 3 is 2.31 bits per heavy atom. The molecule has 8 heteroatoms. The molecule has 0 aromatic carbocycles. The van der Waals surface area contributed by atoms with Crippen molar-refractivity contribution in [2.45, 2.75) is 12.6 Å². The van der Waals surface area contributed by atoms with Gasteiger partial charge in [0, 0.05) is 9.13 Å². The molecular formula is C8H3F5INO. The second-order valence-corrected chi connectivity index (χ2v) is 3.87. The fourth-order valence-electron chi connectivity index (χ4n) is 0.987. The summed E-state index contributed by atoms with van der Waals surface area (Å²) in [7, 11) is 0.